The monoisotopic (exact) mass is 243 g/mol. The van der Waals surface area contributed by atoms with Gasteiger partial charge in [-0.25, -0.2) is 0 Å². The summed E-state index contributed by atoms with van der Waals surface area (Å²) in [5, 5.41) is 4.34. The van der Waals surface area contributed by atoms with Gasteiger partial charge in [0.2, 0.25) is 0 Å². The number of hydrogen-bond acceptors (Lipinski definition) is 3. The number of likely N-dealkylation sites (N-methyl/N-ethyl adjacent to an activating group) is 1. The topological polar surface area (TPSA) is 27.6 Å². The van der Waals surface area contributed by atoms with Crippen molar-refractivity contribution in [1.29, 1.82) is 0 Å². The highest BCUT2D eigenvalue weighted by Crippen LogP contribution is 2.30. The maximum atomic E-state index is 6.04. The molecule has 1 aromatic carbocycles. The largest absolute Gasteiger partial charge is 0.344 e. The number of hydrogen-bond donors (Lipinski definition) is 1. The Kier molecular flexibility index (Phi) is 3.03. The number of benzene rings is 1. The molecule has 0 radical (unpaired) electrons. The zero-order valence-corrected chi connectivity index (χ0v) is 9.81. The van der Waals surface area contributed by atoms with Gasteiger partial charge in [0.15, 0.2) is 5.96 Å². The van der Waals surface area contributed by atoms with Gasteiger partial charge in [0, 0.05) is 13.6 Å². The lowest BCUT2D eigenvalue weighted by Gasteiger charge is -2.16. The Hall–Kier alpha value is -0.930. The van der Waals surface area contributed by atoms with Crippen molar-refractivity contribution in [2.45, 2.75) is 0 Å². The van der Waals surface area contributed by atoms with Gasteiger partial charge in [-0.3, -0.25) is 4.99 Å². The average molecular weight is 244 g/mol. The molecule has 80 valence electrons. The van der Waals surface area contributed by atoms with Crippen molar-refractivity contribution in [2.24, 2.45) is 4.99 Å². The Balaban J connectivity index is 2.24. The first-order valence-electron chi connectivity index (χ1n) is 4.65. The summed E-state index contributed by atoms with van der Waals surface area (Å²) in [7, 11) is 1.98. The van der Waals surface area contributed by atoms with E-state index in [0.29, 0.717) is 15.7 Å². The maximum absolute atomic E-state index is 6.04. The fourth-order valence-electron chi connectivity index (χ4n) is 1.40. The highest BCUT2D eigenvalue weighted by atomic mass is 35.5. The zero-order valence-electron chi connectivity index (χ0n) is 8.30. The minimum atomic E-state index is 0.602. The van der Waals surface area contributed by atoms with E-state index in [1.165, 1.54) is 0 Å². The molecule has 1 N–H and O–H groups in total. The first-order valence-corrected chi connectivity index (χ1v) is 5.40. The van der Waals surface area contributed by atoms with Gasteiger partial charge in [0.05, 0.1) is 22.3 Å². The second kappa shape index (κ2) is 4.29. The van der Waals surface area contributed by atoms with Crippen LogP contribution in [0.5, 0.6) is 0 Å². The number of guanidine groups is 1. The normalized spacial score (nSPS) is 15.4. The Bertz CT molecular complexity index is 383. The number of aliphatic imine (C=N–C) groups is 1. The van der Waals surface area contributed by atoms with E-state index in [9.17, 15) is 0 Å². The SMILES string of the molecule is CN1CCN=C1Nc1c(Cl)cccc1Cl. The van der Waals surface area contributed by atoms with Crippen LogP contribution in [0.4, 0.5) is 5.69 Å². The van der Waals surface area contributed by atoms with E-state index in [2.05, 4.69) is 10.3 Å². The van der Waals surface area contributed by atoms with E-state index >= 15 is 0 Å². The van der Waals surface area contributed by atoms with Gasteiger partial charge in [0.1, 0.15) is 0 Å². The lowest BCUT2D eigenvalue weighted by atomic mass is 10.3. The summed E-state index contributed by atoms with van der Waals surface area (Å²) in [6.07, 6.45) is 0. The molecule has 1 aliphatic heterocycles. The van der Waals surface area contributed by atoms with Gasteiger partial charge >= 0.3 is 0 Å². The van der Waals surface area contributed by atoms with Crippen molar-refractivity contribution in [3.05, 3.63) is 28.2 Å². The molecule has 0 unspecified atom stereocenters. The molecular formula is C10H11Cl2N3. The van der Waals surface area contributed by atoms with E-state index in [0.717, 1.165) is 19.0 Å². The first-order chi connectivity index (χ1) is 7.18. The van der Waals surface area contributed by atoms with Crippen LogP contribution in [0.1, 0.15) is 0 Å². The van der Waals surface area contributed by atoms with Crippen LogP contribution in [-0.4, -0.2) is 31.0 Å². The predicted molar refractivity (Wildman–Crippen MR) is 65.0 cm³/mol. The number of nitrogens with zero attached hydrogens (tertiary/aromatic N) is 2. The Morgan fingerprint density at radius 2 is 2.00 bits per heavy atom. The molecule has 0 saturated carbocycles. The van der Waals surface area contributed by atoms with E-state index in [1.54, 1.807) is 12.1 Å². The van der Waals surface area contributed by atoms with E-state index < -0.39 is 0 Å². The molecule has 2 rings (SSSR count). The van der Waals surface area contributed by atoms with Crippen LogP contribution in [0.15, 0.2) is 23.2 Å². The van der Waals surface area contributed by atoms with Gasteiger partial charge in [0.25, 0.3) is 0 Å². The minimum absolute atomic E-state index is 0.602. The van der Waals surface area contributed by atoms with E-state index in [1.807, 2.05) is 18.0 Å². The summed E-state index contributed by atoms with van der Waals surface area (Å²) in [6, 6.07) is 5.41. The van der Waals surface area contributed by atoms with Crippen LogP contribution in [0.25, 0.3) is 0 Å². The number of nitrogens with one attached hydrogen (secondary N) is 1. The molecule has 0 saturated heterocycles. The molecule has 0 atom stereocenters. The quantitative estimate of drug-likeness (QED) is 0.822. The Labute approximate surface area is 98.7 Å². The number of para-hydroxylation sites is 1. The van der Waals surface area contributed by atoms with Crippen LogP contribution in [0, 0.1) is 0 Å². The summed E-state index contributed by atoms with van der Waals surface area (Å²) in [4.78, 5) is 6.34. The third kappa shape index (κ3) is 2.19. The summed E-state index contributed by atoms with van der Waals surface area (Å²) >= 11 is 12.1. The summed E-state index contributed by atoms with van der Waals surface area (Å²) in [5.41, 5.74) is 0.716. The second-order valence-corrected chi connectivity index (χ2v) is 4.16. The van der Waals surface area contributed by atoms with Crippen LogP contribution in [-0.2, 0) is 0 Å². The summed E-state index contributed by atoms with van der Waals surface area (Å²) < 4.78 is 0. The van der Waals surface area contributed by atoms with Crippen molar-refractivity contribution < 1.29 is 0 Å². The Morgan fingerprint density at radius 3 is 2.53 bits per heavy atom. The Morgan fingerprint density at radius 1 is 1.33 bits per heavy atom. The van der Waals surface area contributed by atoms with Crippen molar-refractivity contribution in [1.82, 2.24) is 4.90 Å². The molecule has 1 aromatic rings. The molecule has 0 fully saturated rings. The standard InChI is InChI=1S/C10H11Cl2N3/c1-15-6-5-13-10(15)14-9-7(11)3-2-4-8(9)12/h2-4H,5-6H2,1H3,(H,13,14). The molecule has 5 heteroatoms. The van der Waals surface area contributed by atoms with Gasteiger partial charge in [-0.15, -0.1) is 0 Å². The molecule has 1 aliphatic rings. The minimum Gasteiger partial charge on any atom is -0.344 e. The summed E-state index contributed by atoms with van der Waals surface area (Å²) in [6.45, 7) is 1.73. The molecule has 0 amide bonds. The van der Waals surface area contributed by atoms with Gasteiger partial charge in [-0.2, -0.15) is 0 Å². The van der Waals surface area contributed by atoms with Crippen LogP contribution in [0.3, 0.4) is 0 Å². The fraction of sp³-hybridized carbons (Fsp3) is 0.300. The highest BCUT2D eigenvalue weighted by Gasteiger charge is 2.14. The lowest BCUT2D eigenvalue weighted by molar-refractivity contribution is 0.555. The summed E-state index contributed by atoms with van der Waals surface area (Å²) in [5.74, 6) is 0.810. The molecule has 0 spiro atoms. The fourth-order valence-corrected chi connectivity index (χ4v) is 1.89. The molecule has 0 aliphatic carbocycles. The van der Waals surface area contributed by atoms with E-state index in [4.69, 9.17) is 23.2 Å². The predicted octanol–water partition coefficient (Wildman–Crippen LogP) is 2.71. The van der Waals surface area contributed by atoms with Crippen LogP contribution in [0.2, 0.25) is 10.0 Å². The van der Waals surface area contributed by atoms with Crippen molar-refractivity contribution in [3.8, 4) is 0 Å². The maximum Gasteiger partial charge on any atom is 0.198 e. The van der Waals surface area contributed by atoms with Gasteiger partial charge in [-0.1, -0.05) is 29.3 Å². The average Bonchev–Trinajstić information content (AvgIpc) is 2.58. The molecule has 15 heavy (non-hydrogen) atoms. The zero-order chi connectivity index (χ0) is 10.8. The van der Waals surface area contributed by atoms with Crippen molar-refractivity contribution in [3.63, 3.8) is 0 Å². The molecule has 0 aromatic heterocycles. The van der Waals surface area contributed by atoms with Crippen LogP contribution >= 0.6 is 23.2 Å². The van der Waals surface area contributed by atoms with Crippen LogP contribution < -0.4 is 5.32 Å². The van der Waals surface area contributed by atoms with Gasteiger partial charge in [-0.05, 0) is 12.1 Å². The smallest absolute Gasteiger partial charge is 0.198 e. The van der Waals surface area contributed by atoms with Gasteiger partial charge < -0.3 is 10.2 Å². The number of anilines is 1. The second-order valence-electron chi connectivity index (χ2n) is 3.35. The third-order valence-electron chi connectivity index (χ3n) is 2.26. The highest BCUT2D eigenvalue weighted by molar-refractivity contribution is 6.39. The van der Waals surface area contributed by atoms with E-state index in [-0.39, 0.29) is 0 Å². The molecular weight excluding hydrogens is 233 g/mol. The number of rotatable bonds is 1. The van der Waals surface area contributed by atoms with Crippen molar-refractivity contribution in [2.75, 3.05) is 25.5 Å². The molecule has 1 heterocycles. The molecule has 3 nitrogen and oxygen atoms in total. The third-order valence-corrected chi connectivity index (χ3v) is 2.89. The first kappa shape index (κ1) is 10.6. The number of halogens is 2. The van der Waals surface area contributed by atoms with Crippen molar-refractivity contribution >= 4 is 34.8 Å². The lowest BCUT2D eigenvalue weighted by Crippen LogP contribution is -2.29. The molecule has 0 bridgehead atoms.